The SMILES string of the molecule is O=C1CCCCCCCCCCCC1=O. The van der Waals surface area contributed by atoms with Crippen LogP contribution in [-0.4, -0.2) is 11.6 Å². The molecule has 1 fully saturated rings. The zero-order chi connectivity index (χ0) is 10.9. The van der Waals surface area contributed by atoms with E-state index in [1.165, 1.54) is 32.1 Å². The Kier molecular flexibility index (Phi) is 6.29. The Morgan fingerprint density at radius 1 is 0.467 bits per heavy atom. The topological polar surface area (TPSA) is 34.1 Å². The quantitative estimate of drug-likeness (QED) is 0.574. The summed E-state index contributed by atoms with van der Waals surface area (Å²) in [6.07, 6.45) is 11.4. The summed E-state index contributed by atoms with van der Waals surface area (Å²) in [4.78, 5) is 22.7. The second-order valence-electron chi connectivity index (χ2n) is 4.53. The van der Waals surface area contributed by atoms with Crippen LogP contribution in [0.15, 0.2) is 0 Å². The molecule has 0 bridgehead atoms. The first kappa shape index (κ1) is 12.4. The molecular weight excluding hydrogens is 188 g/mol. The van der Waals surface area contributed by atoms with E-state index in [1.54, 1.807) is 0 Å². The van der Waals surface area contributed by atoms with Crippen LogP contribution in [0.25, 0.3) is 0 Å². The summed E-state index contributed by atoms with van der Waals surface area (Å²) < 4.78 is 0. The molecule has 0 unspecified atom stereocenters. The first-order valence-electron chi connectivity index (χ1n) is 6.37. The van der Waals surface area contributed by atoms with Gasteiger partial charge in [-0.2, -0.15) is 0 Å². The van der Waals surface area contributed by atoms with E-state index in [0.29, 0.717) is 12.8 Å². The molecule has 0 radical (unpaired) electrons. The van der Waals surface area contributed by atoms with Crippen molar-refractivity contribution in [2.24, 2.45) is 0 Å². The number of rotatable bonds is 0. The summed E-state index contributed by atoms with van der Waals surface area (Å²) in [5.74, 6) is -0.261. The van der Waals surface area contributed by atoms with Gasteiger partial charge >= 0.3 is 0 Å². The first-order valence-corrected chi connectivity index (χ1v) is 6.37. The minimum absolute atomic E-state index is 0.130. The van der Waals surface area contributed by atoms with Crippen LogP contribution in [0.3, 0.4) is 0 Å². The fourth-order valence-corrected chi connectivity index (χ4v) is 2.09. The fourth-order valence-electron chi connectivity index (χ4n) is 2.09. The third kappa shape index (κ3) is 5.71. The highest BCUT2D eigenvalue weighted by Crippen LogP contribution is 2.13. The third-order valence-electron chi connectivity index (χ3n) is 3.12. The Hall–Kier alpha value is -0.660. The molecule has 0 aliphatic heterocycles. The lowest BCUT2D eigenvalue weighted by molar-refractivity contribution is -0.136. The van der Waals surface area contributed by atoms with E-state index in [-0.39, 0.29) is 11.6 Å². The van der Waals surface area contributed by atoms with E-state index in [0.717, 1.165) is 25.7 Å². The zero-order valence-corrected chi connectivity index (χ0v) is 9.59. The number of carbonyl (C=O) groups excluding carboxylic acids is 2. The predicted molar refractivity (Wildman–Crippen MR) is 60.8 cm³/mol. The lowest BCUT2D eigenvalue weighted by Crippen LogP contribution is -2.13. The van der Waals surface area contributed by atoms with Gasteiger partial charge in [-0.3, -0.25) is 9.59 Å². The summed E-state index contributed by atoms with van der Waals surface area (Å²) in [7, 11) is 0. The van der Waals surface area contributed by atoms with Crippen LogP contribution < -0.4 is 0 Å². The molecule has 0 saturated heterocycles. The summed E-state index contributed by atoms with van der Waals surface area (Å²) in [6, 6.07) is 0. The molecule has 1 rings (SSSR count). The van der Waals surface area contributed by atoms with Crippen molar-refractivity contribution in [3.05, 3.63) is 0 Å². The maximum Gasteiger partial charge on any atom is 0.198 e. The predicted octanol–water partition coefficient (Wildman–Crippen LogP) is 3.43. The molecule has 1 aliphatic carbocycles. The van der Waals surface area contributed by atoms with Gasteiger partial charge in [-0.15, -0.1) is 0 Å². The molecule has 0 spiro atoms. The van der Waals surface area contributed by atoms with Crippen LogP contribution in [0.4, 0.5) is 0 Å². The Balaban J connectivity index is 2.30. The van der Waals surface area contributed by atoms with Crippen molar-refractivity contribution in [2.45, 2.75) is 70.6 Å². The Morgan fingerprint density at radius 2 is 0.733 bits per heavy atom. The van der Waals surface area contributed by atoms with Crippen LogP contribution in [0.2, 0.25) is 0 Å². The highest BCUT2D eigenvalue weighted by atomic mass is 16.2. The maximum atomic E-state index is 11.4. The standard InChI is InChI=1S/C13H22O2/c14-12-10-8-6-4-2-1-3-5-7-9-11-13(12)15/h1-11H2. The van der Waals surface area contributed by atoms with Gasteiger partial charge in [-0.05, 0) is 12.8 Å². The summed E-state index contributed by atoms with van der Waals surface area (Å²) in [6.45, 7) is 0. The molecule has 2 nitrogen and oxygen atoms in total. The largest absolute Gasteiger partial charge is 0.291 e. The van der Waals surface area contributed by atoms with Crippen LogP contribution >= 0.6 is 0 Å². The lowest BCUT2D eigenvalue weighted by atomic mass is 10.0. The van der Waals surface area contributed by atoms with Gasteiger partial charge in [0.05, 0.1) is 0 Å². The van der Waals surface area contributed by atoms with Gasteiger partial charge < -0.3 is 0 Å². The van der Waals surface area contributed by atoms with Gasteiger partial charge in [0.2, 0.25) is 0 Å². The molecule has 86 valence electrons. The van der Waals surface area contributed by atoms with E-state index in [9.17, 15) is 9.59 Å². The van der Waals surface area contributed by atoms with Crippen molar-refractivity contribution in [3.8, 4) is 0 Å². The Bertz CT molecular complexity index is 187. The van der Waals surface area contributed by atoms with E-state index in [1.807, 2.05) is 0 Å². The van der Waals surface area contributed by atoms with E-state index < -0.39 is 0 Å². The molecule has 15 heavy (non-hydrogen) atoms. The summed E-state index contributed by atoms with van der Waals surface area (Å²) in [5, 5.41) is 0. The average molecular weight is 210 g/mol. The normalized spacial score (nSPS) is 22.7. The number of carbonyl (C=O) groups is 2. The zero-order valence-electron chi connectivity index (χ0n) is 9.59. The van der Waals surface area contributed by atoms with Crippen molar-refractivity contribution >= 4 is 11.6 Å². The lowest BCUT2D eigenvalue weighted by Gasteiger charge is -1.99. The third-order valence-corrected chi connectivity index (χ3v) is 3.12. The second-order valence-corrected chi connectivity index (χ2v) is 4.53. The molecule has 0 aromatic carbocycles. The molecule has 0 amide bonds. The molecule has 0 N–H and O–H groups in total. The molecule has 1 saturated carbocycles. The summed E-state index contributed by atoms with van der Waals surface area (Å²) >= 11 is 0. The van der Waals surface area contributed by atoms with E-state index in [2.05, 4.69) is 0 Å². The van der Waals surface area contributed by atoms with Crippen molar-refractivity contribution in [1.82, 2.24) is 0 Å². The van der Waals surface area contributed by atoms with Crippen LogP contribution in [0.1, 0.15) is 70.6 Å². The number of hydrogen-bond donors (Lipinski definition) is 0. The van der Waals surface area contributed by atoms with Crippen molar-refractivity contribution in [1.29, 1.82) is 0 Å². The van der Waals surface area contributed by atoms with E-state index in [4.69, 9.17) is 0 Å². The fraction of sp³-hybridized carbons (Fsp3) is 0.846. The Morgan fingerprint density at radius 3 is 1.07 bits per heavy atom. The minimum atomic E-state index is -0.130. The van der Waals surface area contributed by atoms with Crippen molar-refractivity contribution < 1.29 is 9.59 Å². The van der Waals surface area contributed by atoms with Crippen LogP contribution in [0.5, 0.6) is 0 Å². The molecule has 0 atom stereocenters. The second kappa shape index (κ2) is 7.61. The van der Waals surface area contributed by atoms with E-state index >= 15 is 0 Å². The highest BCUT2D eigenvalue weighted by Gasteiger charge is 2.12. The van der Waals surface area contributed by atoms with Gasteiger partial charge in [0.15, 0.2) is 11.6 Å². The number of hydrogen-bond acceptors (Lipinski definition) is 2. The highest BCUT2D eigenvalue weighted by molar-refractivity contribution is 6.37. The number of Topliss-reactive ketones (excluding diaryl/α,β-unsaturated/α-hetero) is 2. The molecule has 0 aromatic heterocycles. The monoisotopic (exact) mass is 210 g/mol. The minimum Gasteiger partial charge on any atom is -0.291 e. The number of ketones is 2. The average Bonchev–Trinajstić information content (AvgIpc) is 2.25. The molecule has 0 aromatic rings. The molecule has 1 aliphatic rings. The van der Waals surface area contributed by atoms with Crippen molar-refractivity contribution in [3.63, 3.8) is 0 Å². The van der Waals surface area contributed by atoms with Gasteiger partial charge in [0, 0.05) is 12.8 Å². The Labute approximate surface area is 92.4 Å². The molecule has 2 heteroatoms. The smallest absolute Gasteiger partial charge is 0.198 e. The summed E-state index contributed by atoms with van der Waals surface area (Å²) in [5.41, 5.74) is 0. The van der Waals surface area contributed by atoms with Gasteiger partial charge in [-0.25, -0.2) is 0 Å². The first-order chi connectivity index (χ1) is 7.30. The molecular formula is C13H22O2. The van der Waals surface area contributed by atoms with Crippen LogP contribution in [-0.2, 0) is 9.59 Å². The van der Waals surface area contributed by atoms with Gasteiger partial charge in [0.1, 0.15) is 0 Å². The maximum absolute atomic E-state index is 11.4. The molecule has 0 heterocycles. The van der Waals surface area contributed by atoms with Crippen molar-refractivity contribution in [2.75, 3.05) is 0 Å². The van der Waals surface area contributed by atoms with Gasteiger partial charge in [0.25, 0.3) is 0 Å². The van der Waals surface area contributed by atoms with Gasteiger partial charge in [-0.1, -0.05) is 44.9 Å². The van der Waals surface area contributed by atoms with Crippen LogP contribution in [0, 0.1) is 0 Å².